The van der Waals surface area contributed by atoms with Crippen LogP contribution in [0.15, 0.2) is 29.5 Å². The Hall–Kier alpha value is -1.46. The average molecular weight is 308 g/mol. The first-order valence-electron chi connectivity index (χ1n) is 8.24. The first-order chi connectivity index (χ1) is 10.5. The third-order valence-electron chi connectivity index (χ3n) is 4.17. The van der Waals surface area contributed by atoms with E-state index in [1.165, 1.54) is 19.3 Å². The highest BCUT2D eigenvalue weighted by Gasteiger charge is 2.40. The number of allylic oxidation sites excluding steroid dienone is 2. The highest BCUT2D eigenvalue weighted by atomic mass is 16.4. The molecule has 1 heterocycles. The van der Waals surface area contributed by atoms with Gasteiger partial charge in [-0.25, -0.2) is 14.3 Å². The molecule has 0 radical (unpaired) electrons. The number of hydrogen-bond acceptors (Lipinski definition) is 3. The molecule has 0 amide bonds. The SMILES string of the molecule is C/C=C/CCCCCCCC1=NC=C[N+]1(CC(=O)O)C(C)N. The molecule has 0 spiro atoms. The monoisotopic (exact) mass is 308 g/mol. The van der Waals surface area contributed by atoms with Crippen LogP contribution in [0.5, 0.6) is 0 Å². The molecular weight excluding hydrogens is 278 g/mol. The first kappa shape index (κ1) is 18.6. The Morgan fingerprint density at radius 1 is 1.36 bits per heavy atom. The molecule has 0 aliphatic carbocycles. The molecule has 1 aliphatic heterocycles. The van der Waals surface area contributed by atoms with Gasteiger partial charge >= 0.3 is 5.97 Å². The molecule has 1 rings (SSSR count). The molecule has 0 aromatic rings. The maximum Gasteiger partial charge on any atom is 0.360 e. The number of quaternary nitrogens is 1. The molecule has 2 atom stereocenters. The highest BCUT2D eigenvalue weighted by molar-refractivity contribution is 5.81. The van der Waals surface area contributed by atoms with E-state index in [0.29, 0.717) is 0 Å². The molecule has 0 aromatic carbocycles. The Morgan fingerprint density at radius 3 is 2.68 bits per heavy atom. The quantitative estimate of drug-likeness (QED) is 0.349. The minimum Gasteiger partial charge on any atom is -0.477 e. The van der Waals surface area contributed by atoms with E-state index < -0.39 is 5.97 Å². The number of unbranched alkanes of at least 4 members (excludes halogenated alkanes) is 5. The largest absolute Gasteiger partial charge is 0.477 e. The summed E-state index contributed by atoms with van der Waals surface area (Å²) in [6.07, 6.45) is 15.4. The predicted molar refractivity (Wildman–Crippen MR) is 90.1 cm³/mol. The van der Waals surface area contributed by atoms with Crippen molar-refractivity contribution in [2.75, 3.05) is 6.54 Å². The van der Waals surface area contributed by atoms with Crippen LogP contribution >= 0.6 is 0 Å². The molecule has 22 heavy (non-hydrogen) atoms. The zero-order chi connectivity index (χ0) is 16.4. The van der Waals surface area contributed by atoms with Crippen LogP contribution in [0.1, 0.15) is 58.8 Å². The van der Waals surface area contributed by atoms with Crippen LogP contribution in [-0.4, -0.2) is 34.1 Å². The van der Waals surface area contributed by atoms with Gasteiger partial charge in [0.2, 0.25) is 5.84 Å². The summed E-state index contributed by atoms with van der Waals surface area (Å²) in [5.74, 6) is 0.0341. The van der Waals surface area contributed by atoms with Crippen LogP contribution in [-0.2, 0) is 4.79 Å². The summed E-state index contributed by atoms with van der Waals surface area (Å²) in [5, 5.41) is 9.15. The fourth-order valence-corrected chi connectivity index (χ4v) is 2.83. The van der Waals surface area contributed by atoms with Gasteiger partial charge < -0.3 is 5.11 Å². The lowest BCUT2D eigenvalue weighted by Gasteiger charge is -2.34. The summed E-state index contributed by atoms with van der Waals surface area (Å²) in [7, 11) is 0. The third kappa shape index (κ3) is 5.39. The molecule has 0 saturated carbocycles. The lowest BCUT2D eigenvalue weighted by atomic mass is 10.1. The van der Waals surface area contributed by atoms with Gasteiger partial charge in [-0.3, -0.25) is 5.73 Å². The third-order valence-corrected chi connectivity index (χ3v) is 4.17. The molecule has 0 saturated heterocycles. The number of carboxylic acid groups (broad SMARTS) is 1. The van der Waals surface area contributed by atoms with Crippen molar-refractivity contribution >= 4 is 11.8 Å². The molecule has 0 fully saturated rings. The number of aliphatic carboxylic acids is 1. The molecule has 124 valence electrons. The fourth-order valence-electron chi connectivity index (χ4n) is 2.83. The van der Waals surface area contributed by atoms with Gasteiger partial charge in [-0.1, -0.05) is 31.4 Å². The van der Waals surface area contributed by atoms with Crippen molar-refractivity contribution in [2.24, 2.45) is 10.7 Å². The van der Waals surface area contributed by atoms with E-state index in [9.17, 15) is 4.79 Å². The summed E-state index contributed by atoms with van der Waals surface area (Å²) in [5.41, 5.74) is 6.04. The summed E-state index contributed by atoms with van der Waals surface area (Å²) < 4.78 is 0.163. The van der Waals surface area contributed by atoms with Crippen molar-refractivity contribution in [1.82, 2.24) is 0 Å². The molecular formula is C17H30N3O2+. The van der Waals surface area contributed by atoms with Crippen LogP contribution in [0, 0.1) is 0 Å². The van der Waals surface area contributed by atoms with Gasteiger partial charge in [0.05, 0.1) is 6.20 Å². The van der Waals surface area contributed by atoms with Crippen molar-refractivity contribution in [3.8, 4) is 0 Å². The van der Waals surface area contributed by atoms with Crippen molar-refractivity contribution in [1.29, 1.82) is 0 Å². The van der Waals surface area contributed by atoms with Crippen LogP contribution in [0.4, 0.5) is 0 Å². The van der Waals surface area contributed by atoms with Crippen LogP contribution in [0.3, 0.4) is 0 Å². The number of carboxylic acids is 1. The van der Waals surface area contributed by atoms with Crippen molar-refractivity contribution in [2.45, 2.75) is 65.0 Å². The van der Waals surface area contributed by atoms with Crippen LogP contribution in [0.25, 0.3) is 0 Å². The molecule has 3 N–H and O–H groups in total. The van der Waals surface area contributed by atoms with Gasteiger partial charge in [-0.2, -0.15) is 0 Å². The van der Waals surface area contributed by atoms with Gasteiger partial charge in [-0.05, 0) is 26.2 Å². The van der Waals surface area contributed by atoms with Gasteiger partial charge in [0.25, 0.3) is 0 Å². The summed E-state index contributed by atoms with van der Waals surface area (Å²) >= 11 is 0. The Bertz CT molecular complexity index is 441. The summed E-state index contributed by atoms with van der Waals surface area (Å²) in [4.78, 5) is 15.5. The molecule has 1 aliphatic rings. The summed E-state index contributed by atoms with van der Waals surface area (Å²) in [6.45, 7) is 3.86. The second-order valence-electron chi connectivity index (χ2n) is 5.94. The van der Waals surface area contributed by atoms with Gasteiger partial charge in [0.1, 0.15) is 12.4 Å². The van der Waals surface area contributed by atoms with Gasteiger partial charge in [0.15, 0.2) is 6.54 Å². The fraction of sp³-hybridized carbons (Fsp3) is 0.647. The normalized spacial score (nSPS) is 22.2. The smallest absolute Gasteiger partial charge is 0.360 e. The van der Waals surface area contributed by atoms with E-state index in [4.69, 9.17) is 10.8 Å². The topological polar surface area (TPSA) is 75.7 Å². The first-order valence-corrected chi connectivity index (χ1v) is 8.24. The molecule has 5 heteroatoms. The van der Waals surface area contributed by atoms with E-state index >= 15 is 0 Å². The molecule has 5 nitrogen and oxygen atoms in total. The van der Waals surface area contributed by atoms with E-state index in [2.05, 4.69) is 24.1 Å². The van der Waals surface area contributed by atoms with E-state index in [0.717, 1.165) is 31.5 Å². The number of aliphatic imine (C=N–C) groups is 1. The Labute approximate surface area is 133 Å². The molecule has 2 unspecified atom stereocenters. The Kier molecular flexibility index (Phi) is 8.06. The minimum atomic E-state index is -0.847. The van der Waals surface area contributed by atoms with Gasteiger partial charge in [-0.15, -0.1) is 0 Å². The predicted octanol–water partition coefficient (Wildman–Crippen LogP) is 3.38. The second kappa shape index (κ2) is 9.54. The number of nitrogens with zero attached hydrogens (tertiary/aromatic N) is 2. The lowest BCUT2D eigenvalue weighted by molar-refractivity contribution is -0.805. The van der Waals surface area contributed by atoms with E-state index in [-0.39, 0.29) is 17.2 Å². The zero-order valence-electron chi connectivity index (χ0n) is 13.9. The van der Waals surface area contributed by atoms with Crippen molar-refractivity contribution in [3.63, 3.8) is 0 Å². The van der Waals surface area contributed by atoms with Crippen molar-refractivity contribution in [3.05, 3.63) is 24.6 Å². The lowest BCUT2D eigenvalue weighted by Crippen LogP contribution is -2.59. The maximum atomic E-state index is 11.1. The summed E-state index contributed by atoms with van der Waals surface area (Å²) in [6, 6.07) is 0. The second-order valence-corrected chi connectivity index (χ2v) is 5.94. The number of carbonyl (C=O) groups is 1. The standard InChI is InChI=1S/C17H29N3O2/c1-3-4-5-6-7-8-9-10-11-16-19-12-13-20(16,15(2)18)14-17(21)22/h3-4,12-13,15H,5-11,14,18H2,1-2H3/p+1/b4-3+. The highest BCUT2D eigenvalue weighted by Crippen LogP contribution is 2.23. The number of hydrogen-bond donors (Lipinski definition) is 2. The van der Waals surface area contributed by atoms with E-state index in [1.807, 2.05) is 13.1 Å². The van der Waals surface area contributed by atoms with Gasteiger partial charge in [0, 0.05) is 13.3 Å². The Morgan fingerprint density at radius 2 is 2.05 bits per heavy atom. The molecule has 0 aromatic heterocycles. The van der Waals surface area contributed by atoms with E-state index in [1.54, 1.807) is 6.20 Å². The van der Waals surface area contributed by atoms with Crippen LogP contribution < -0.4 is 5.73 Å². The number of nitrogens with two attached hydrogens (primary N) is 1. The zero-order valence-corrected chi connectivity index (χ0v) is 13.9. The maximum absolute atomic E-state index is 11.1. The average Bonchev–Trinajstić information content (AvgIpc) is 2.85. The molecule has 0 bridgehead atoms. The number of amidine groups is 1. The minimum absolute atomic E-state index is 0.0314. The van der Waals surface area contributed by atoms with Crippen LogP contribution in [0.2, 0.25) is 0 Å². The number of rotatable bonds is 11. The Balaban J connectivity index is 2.36. The van der Waals surface area contributed by atoms with Crippen molar-refractivity contribution < 1.29 is 14.4 Å².